The third kappa shape index (κ3) is 3.10. The van der Waals surface area contributed by atoms with Gasteiger partial charge in [0, 0.05) is 10.9 Å². The molecule has 0 amide bonds. The summed E-state index contributed by atoms with van der Waals surface area (Å²) in [5.74, 6) is 0.339. The van der Waals surface area contributed by atoms with Gasteiger partial charge in [0.05, 0.1) is 7.11 Å². The molecule has 1 aromatic carbocycles. The minimum atomic E-state index is 0.0339. The first-order chi connectivity index (χ1) is 7.72. The number of ether oxygens (including phenoxy) is 1. The topological polar surface area (TPSA) is 46.5 Å². The smallest absolute Gasteiger partial charge is 0.161 e. The number of halogens is 1. The lowest BCUT2D eigenvalue weighted by Gasteiger charge is -2.06. The van der Waals surface area contributed by atoms with E-state index in [0.717, 1.165) is 18.0 Å². The second-order valence-electron chi connectivity index (χ2n) is 3.15. The molecule has 16 heavy (non-hydrogen) atoms. The van der Waals surface area contributed by atoms with Crippen LogP contribution in [0, 0.1) is 0 Å². The molecule has 0 aliphatic rings. The molecular weight excluding hydrogens is 272 g/mol. The number of phenols is 1. The second-order valence-corrected chi connectivity index (χ2v) is 3.94. The van der Waals surface area contributed by atoms with Crippen molar-refractivity contribution in [1.29, 1.82) is 0 Å². The minimum Gasteiger partial charge on any atom is -0.504 e. The summed E-state index contributed by atoms with van der Waals surface area (Å²) in [5.41, 5.74) is 1.19. The molecule has 86 valence electrons. The number of methoxy groups -OCH3 is 1. The van der Waals surface area contributed by atoms with Crippen molar-refractivity contribution >= 4 is 28.3 Å². The van der Waals surface area contributed by atoms with Crippen molar-refractivity contribution < 1.29 is 14.6 Å². The Hall–Kier alpha value is -1.29. The molecule has 0 heterocycles. The number of rotatable bonds is 5. The van der Waals surface area contributed by atoms with Gasteiger partial charge in [-0.1, -0.05) is 28.1 Å². The molecule has 0 saturated carbocycles. The van der Waals surface area contributed by atoms with Crippen LogP contribution in [0.4, 0.5) is 0 Å². The summed E-state index contributed by atoms with van der Waals surface area (Å²) < 4.78 is 4.93. The number of hydrogen-bond donors (Lipinski definition) is 1. The normalized spacial score (nSPS) is 10.6. The van der Waals surface area contributed by atoms with E-state index in [-0.39, 0.29) is 5.75 Å². The third-order valence-corrected chi connectivity index (χ3v) is 2.54. The van der Waals surface area contributed by atoms with Crippen LogP contribution in [0.15, 0.2) is 18.2 Å². The number of allylic oxidation sites excluding steroid dienone is 1. The van der Waals surface area contributed by atoms with E-state index >= 15 is 0 Å². The Morgan fingerprint density at radius 3 is 2.75 bits per heavy atom. The van der Waals surface area contributed by atoms with Gasteiger partial charge in [0.25, 0.3) is 0 Å². The highest BCUT2D eigenvalue weighted by Gasteiger charge is 2.06. The Kier molecular flexibility index (Phi) is 5.05. The molecule has 0 aliphatic carbocycles. The zero-order chi connectivity index (χ0) is 12.0. The lowest BCUT2D eigenvalue weighted by molar-refractivity contribution is 0.112. The molecule has 0 unspecified atom stereocenters. The number of benzene rings is 1. The van der Waals surface area contributed by atoms with Crippen molar-refractivity contribution in [2.45, 2.75) is 6.42 Å². The average Bonchev–Trinajstić information content (AvgIpc) is 2.30. The SMILES string of the molecule is COc1cc(C=O)c(C=CCCBr)cc1O. The van der Waals surface area contributed by atoms with Crippen LogP contribution in [-0.4, -0.2) is 23.8 Å². The molecule has 0 aromatic heterocycles. The highest BCUT2D eigenvalue weighted by Crippen LogP contribution is 2.29. The van der Waals surface area contributed by atoms with E-state index in [2.05, 4.69) is 15.9 Å². The van der Waals surface area contributed by atoms with Gasteiger partial charge in [0.1, 0.15) is 0 Å². The van der Waals surface area contributed by atoms with Crippen molar-refractivity contribution in [3.05, 3.63) is 29.3 Å². The Morgan fingerprint density at radius 1 is 1.44 bits per heavy atom. The van der Waals surface area contributed by atoms with E-state index in [4.69, 9.17) is 4.74 Å². The summed E-state index contributed by atoms with van der Waals surface area (Å²) >= 11 is 3.31. The van der Waals surface area contributed by atoms with Crippen LogP contribution in [0.2, 0.25) is 0 Å². The maximum Gasteiger partial charge on any atom is 0.161 e. The molecule has 1 rings (SSSR count). The number of phenolic OH excluding ortho intramolecular Hbond substituents is 1. The van der Waals surface area contributed by atoms with Crippen LogP contribution >= 0.6 is 15.9 Å². The zero-order valence-electron chi connectivity index (χ0n) is 8.94. The lowest BCUT2D eigenvalue weighted by Crippen LogP contribution is -1.90. The molecule has 1 N–H and O–H groups in total. The molecule has 0 fully saturated rings. The monoisotopic (exact) mass is 284 g/mol. The Bertz CT molecular complexity index is 399. The summed E-state index contributed by atoms with van der Waals surface area (Å²) in [4.78, 5) is 10.9. The quantitative estimate of drug-likeness (QED) is 0.668. The Balaban J connectivity index is 3.08. The molecule has 1 aromatic rings. The van der Waals surface area contributed by atoms with Crippen LogP contribution in [0.25, 0.3) is 6.08 Å². The van der Waals surface area contributed by atoms with Gasteiger partial charge in [-0.3, -0.25) is 4.79 Å². The minimum absolute atomic E-state index is 0.0339. The first-order valence-corrected chi connectivity index (χ1v) is 5.93. The summed E-state index contributed by atoms with van der Waals surface area (Å²) in [6.45, 7) is 0. The van der Waals surface area contributed by atoms with E-state index in [9.17, 15) is 9.90 Å². The van der Waals surface area contributed by atoms with E-state index in [0.29, 0.717) is 16.9 Å². The van der Waals surface area contributed by atoms with Crippen LogP contribution in [0.1, 0.15) is 22.3 Å². The van der Waals surface area contributed by atoms with Crippen LogP contribution in [0.3, 0.4) is 0 Å². The van der Waals surface area contributed by atoms with E-state index in [1.54, 1.807) is 0 Å². The van der Waals surface area contributed by atoms with Gasteiger partial charge in [-0.15, -0.1) is 0 Å². The maximum absolute atomic E-state index is 10.9. The molecule has 0 spiro atoms. The standard InChI is InChI=1S/C12H13BrO3/c1-16-12-7-10(8-14)9(6-11(12)15)4-2-3-5-13/h2,4,6-8,15H,3,5H2,1H3. The molecular formula is C12H13BrO3. The summed E-state index contributed by atoms with van der Waals surface area (Å²) in [5, 5.41) is 10.4. The summed E-state index contributed by atoms with van der Waals surface area (Å²) in [7, 11) is 1.45. The first kappa shape index (κ1) is 12.8. The van der Waals surface area contributed by atoms with Gasteiger partial charge >= 0.3 is 0 Å². The lowest BCUT2D eigenvalue weighted by atomic mass is 10.1. The van der Waals surface area contributed by atoms with Crippen molar-refractivity contribution in [2.24, 2.45) is 0 Å². The van der Waals surface area contributed by atoms with Crippen molar-refractivity contribution in [2.75, 3.05) is 12.4 Å². The second kappa shape index (κ2) is 6.33. The molecule has 0 saturated heterocycles. The highest BCUT2D eigenvalue weighted by molar-refractivity contribution is 9.09. The summed E-state index contributed by atoms with van der Waals surface area (Å²) in [6, 6.07) is 3.05. The summed E-state index contributed by atoms with van der Waals surface area (Å²) in [6.07, 6.45) is 5.36. The van der Waals surface area contributed by atoms with Crippen molar-refractivity contribution in [3.8, 4) is 11.5 Å². The van der Waals surface area contributed by atoms with E-state index < -0.39 is 0 Å². The third-order valence-electron chi connectivity index (χ3n) is 2.08. The number of carbonyl (C=O) groups is 1. The average molecular weight is 285 g/mol. The van der Waals surface area contributed by atoms with Crippen LogP contribution < -0.4 is 4.74 Å². The van der Waals surface area contributed by atoms with E-state index in [1.807, 2.05) is 12.2 Å². The molecule has 0 atom stereocenters. The molecule has 0 radical (unpaired) electrons. The van der Waals surface area contributed by atoms with E-state index in [1.165, 1.54) is 19.2 Å². The van der Waals surface area contributed by atoms with Gasteiger partial charge in [0.2, 0.25) is 0 Å². The molecule has 4 heteroatoms. The number of alkyl halides is 1. The number of aldehydes is 1. The van der Waals surface area contributed by atoms with Crippen molar-refractivity contribution in [3.63, 3.8) is 0 Å². The van der Waals surface area contributed by atoms with Gasteiger partial charge in [-0.2, -0.15) is 0 Å². The number of carbonyl (C=O) groups excluding carboxylic acids is 1. The van der Waals surface area contributed by atoms with Crippen LogP contribution in [0.5, 0.6) is 11.5 Å². The van der Waals surface area contributed by atoms with Crippen molar-refractivity contribution in [1.82, 2.24) is 0 Å². The van der Waals surface area contributed by atoms with Gasteiger partial charge < -0.3 is 9.84 Å². The fourth-order valence-corrected chi connectivity index (χ4v) is 1.55. The Labute approximate surface area is 103 Å². The molecule has 0 aliphatic heterocycles. The maximum atomic E-state index is 10.9. The van der Waals surface area contributed by atoms with Crippen LogP contribution in [-0.2, 0) is 0 Å². The zero-order valence-corrected chi connectivity index (χ0v) is 10.5. The fraction of sp³-hybridized carbons (Fsp3) is 0.250. The van der Waals surface area contributed by atoms with Gasteiger partial charge in [-0.25, -0.2) is 0 Å². The number of aromatic hydroxyl groups is 1. The predicted octanol–water partition coefficient (Wildman–Crippen LogP) is 3.01. The number of hydrogen-bond acceptors (Lipinski definition) is 3. The highest BCUT2D eigenvalue weighted by atomic mass is 79.9. The predicted molar refractivity (Wildman–Crippen MR) is 67.5 cm³/mol. The molecule has 0 bridgehead atoms. The van der Waals surface area contributed by atoms with Gasteiger partial charge in [-0.05, 0) is 24.1 Å². The Morgan fingerprint density at radius 2 is 2.19 bits per heavy atom. The largest absolute Gasteiger partial charge is 0.504 e. The van der Waals surface area contributed by atoms with Gasteiger partial charge in [0.15, 0.2) is 17.8 Å². The molecule has 3 nitrogen and oxygen atoms in total. The fourth-order valence-electron chi connectivity index (χ4n) is 1.28. The first-order valence-electron chi connectivity index (χ1n) is 4.81.